The van der Waals surface area contributed by atoms with Gasteiger partial charge in [-0.3, -0.25) is 0 Å². The monoisotopic (exact) mass is 317 g/mol. The molecule has 1 aliphatic heterocycles. The molecule has 3 N–H and O–H groups in total. The van der Waals surface area contributed by atoms with Gasteiger partial charge in [-0.05, 0) is 31.6 Å². The lowest BCUT2D eigenvalue weighted by Gasteiger charge is -2.21. The summed E-state index contributed by atoms with van der Waals surface area (Å²) in [5.41, 5.74) is 6.48. The Morgan fingerprint density at radius 1 is 1.50 bits per heavy atom. The highest BCUT2D eigenvalue weighted by Crippen LogP contribution is 2.25. The lowest BCUT2D eigenvalue weighted by molar-refractivity contribution is 0.573. The van der Waals surface area contributed by atoms with E-state index in [0.717, 1.165) is 24.4 Å². The SMILES string of the molecule is CCn1cc(S(=O)(=O)NCC2CCCCS2)cc1CN. The van der Waals surface area contributed by atoms with E-state index in [1.807, 2.05) is 23.3 Å². The van der Waals surface area contributed by atoms with Crippen molar-refractivity contribution in [2.24, 2.45) is 5.73 Å². The van der Waals surface area contributed by atoms with Crippen LogP contribution in [0.3, 0.4) is 0 Å². The van der Waals surface area contributed by atoms with E-state index in [4.69, 9.17) is 5.73 Å². The Hall–Kier alpha value is -0.500. The molecule has 1 atom stereocenters. The fourth-order valence-corrected chi connectivity index (χ4v) is 4.88. The molecule has 1 fully saturated rings. The zero-order chi connectivity index (χ0) is 14.6. The van der Waals surface area contributed by atoms with E-state index < -0.39 is 10.0 Å². The normalized spacial score (nSPS) is 20.2. The van der Waals surface area contributed by atoms with Crippen LogP contribution in [0.4, 0.5) is 0 Å². The Labute approximate surface area is 125 Å². The fraction of sp³-hybridized carbons (Fsp3) is 0.692. The van der Waals surface area contributed by atoms with Gasteiger partial charge in [-0.1, -0.05) is 6.42 Å². The van der Waals surface area contributed by atoms with Crippen LogP contribution in [0.15, 0.2) is 17.2 Å². The van der Waals surface area contributed by atoms with E-state index in [1.54, 1.807) is 12.3 Å². The molecule has 1 unspecified atom stereocenters. The fourth-order valence-electron chi connectivity index (χ4n) is 2.39. The first-order valence-corrected chi connectivity index (χ1v) is 9.60. The molecule has 0 bridgehead atoms. The maximum atomic E-state index is 12.3. The van der Waals surface area contributed by atoms with Crippen LogP contribution in [0.2, 0.25) is 0 Å². The summed E-state index contributed by atoms with van der Waals surface area (Å²) in [6.45, 7) is 3.56. The zero-order valence-corrected chi connectivity index (χ0v) is 13.5. The topological polar surface area (TPSA) is 77.1 Å². The number of hydrogen-bond acceptors (Lipinski definition) is 4. The maximum Gasteiger partial charge on any atom is 0.242 e. The number of aryl methyl sites for hydroxylation is 1. The first-order chi connectivity index (χ1) is 9.56. The first kappa shape index (κ1) is 15.9. The van der Waals surface area contributed by atoms with Crippen molar-refractivity contribution in [1.29, 1.82) is 0 Å². The number of nitrogens with one attached hydrogen (secondary N) is 1. The van der Waals surface area contributed by atoms with Crippen LogP contribution in [0.1, 0.15) is 31.9 Å². The van der Waals surface area contributed by atoms with E-state index in [-0.39, 0.29) is 0 Å². The molecule has 0 saturated carbocycles. The smallest absolute Gasteiger partial charge is 0.242 e. The van der Waals surface area contributed by atoms with Gasteiger partial charge in [0.15, 0.2) is 0 Å². The quantitative estimate of drug-likeness (QED) is 0.834. The van der Waals surface area contributed by atoms with E-state index in [9.17, 15) is 8.42 Å². The third kappa shape index (κ3) is 3.78. The predicted molar refractivity (Wildman–Crippen MR) is 83.3 cm³/mol. The van der Waals surface area contributed by atoms with Crippen LogP contribution in [-0.2, 0) is 23.1 Å². The van der Waals surface area contributed by atoms with Crippen LogP contribution >= 0.6 is 11.8 Å². The van der Waals surface area contributed by atoms with Gasteiger partial charge in [-0.2, -0.15) is 11.8 Å². The molecule has 0 amide bonds. The second-order valence-corrected chi connectivity index (χ2v) is 8.17. The van der Waals surface area contributed by atoms with Crippen molar-refractivity contribution >= 4 is 21.8 Å². The van der Waals surface area contributed by atoms with Gasteiger partial charge in [0.25, 0.3) is 0 Å². The summed E-state index contributed by atoms with van der Waals surface area (Å²) in [7, 11) is -3.42. The Morgan fingerprint density at radius 2 is 2.30 bits per heavy atom. The summed E-state index contributed by atoms with van der Waals surface area (Å²) >= 11 is 1.86. The Bertz CT molecular complexity index is 512. The molecular formula is C13H23N3O2S2. The van der Waals surface area contributed by atoms with Gasteiger partial charge in [0, 0.05) is 36.8 Å². The minimum absolute atomic E-state index is 0.320. The highest BCUT2D eigenvalue weighted by Gasteiger charge is 2.21. The average Bonchev–Trinajstić information content (AvgIpc) is 2.90. The van der Waals surface area contributed by atoms with E-state index >= 15 is 0 Å². The number of sulfonamides is 1. The lowest BCUT2D eigenvalue weighted by Crippen LogP contribution is -2.31. The molecule has 7 heteroatoms. The third-order valence-electron chi connectivity index (χ3n) is 3.60. The van der Waals surface area contributed by atoms with Crippen LogP contribution in [-0.4, -0.2) is 30.5 Å². The van der Waals surface area contributed by atoms with Gasteiger partial charge < -0.3 is 10.3 Å². The number of thioether (sulfide) groups is 1. The molecule has 1 aromatic heterocycles. The van der Waals surface area contributed by atoms with E-state index in [0.29, 0.717) is 23.2 Å². The van der Waals surface area contributed by atoms with Crippen LogP contribution in [0.25, 0.3) is 0 Å². The minimum atomic E-state index is -3.42. The van der Waals surface area contributed by atoms with Crippen LogP contribution < -0.4 is 10.5 Å². The molecular weight excluding hydrogens is 294 g/mol. The molecule has 0 spiro atoms. The Morgan fingerprint density at radius 3 is 2.85 bits per heavy atom. The largest absolute Gasteiger partial charge is 0.349 e. The lowest BCUT2D eigenvalue weighted by atomic mass is 10.2. The first-order valence-electron chi connectivity index (χ1n) is 7.07. The zero-order valence-electron chi connectivity index (χ0n) is 11.8. The van der Waals surface area contributed by atoms with E-state index in [1.165, 1.54) is 12.8 Å². The molecule has 0 radical (unpaired) electrons. The number of rotatable bonds is 6. The summed E-state index contributed by atoms with van der Waals surface area (Å²) in [5.74, 6) is 1.13. The maximum absolute atomic E-state index is 12.3. The van der Waals surface area contributed by atoms with Crippen molar-refractivity contribution in [2.75, 3.05) is 12.3 Å². The molecule has 1 aliphatic rings. The molecule has 0 aromatic carbocycles. The molecule has 5 nitrogen and oxygen atoms in total. The summed E-state index contributed by atoms with van der Waals surface area (Å²) in [4.78, 5) is 0.320. The van der Waals surface area contributed by atoms with E-state index in [2.05, 4.69) is 4.72 Å². The van der Waals surface area contributed by atoms with Gasteiger partial charge in [-0.25, -0.2) is 13.1 Å². The number of aromatic nitrogens is 1. The van der Waals surface area contributed by atoms with Crippen molar-refractivity contribution in [3.05, 3.63) is 18.0 Å². The number of nitrogens with two attached hydrogens (primary N) is 1. The highest BCUT2D eigenvalue weighted by atomic mass is 32.2. The predicted octanol–water partition coefficient (Wildman–Crippen LogP) is 1.53. The molecule has 1 aromatic rings. The second kappa shape index (κ2) is 6.98. The van der Waals surface area contributed by atoms with Crippen molar-refractivity contribution in [2.45, 2.75) is 49.4 Å². The van der Waals surface area contributed by atoms with Gasteiger partial charge in [-0.15, -0.1) is 0 Å². The Kier molecular flexibility index (Phi) is 5.54. The minimum Gasteiger partial charge on any atom is -0.349 e. The molecule has 114 valence electrons. The van der Waals surface area contributed by atoms with Crippen LogP contribution in [0, 0.1) is 0 Å². The molecule has 20 heavy (non-hydrogen) atoms. The van der Waals surface area contributed by atoms with Crippen LogP contribution in [0.5, 0.6) is 0 Å². The van der Waals surface area contributed by atoms with Gasteiger partial charge in [0.2, 0.25) is 10.0 Å². The molecule has 0 aliphatic carbocycles. The van der Waals surface area contributed by atoms with Gasteiger partial charge in [0.05, 0.1) is 4.90 Å². The molecule has 2 heterocycles. The van der Waals surface area contributed by atoms with Crippen molar-refractivity contribution < 1.29 is 8.42 Å². The average molecular weight is 317 g/mol. The third-order valence-corrected chi connectivity index (χ3v) is 6.38. The molecule has 1 saturated heterocycles. The van der Waals surface area contributed by atoms with Gasteiger partial charge >= 0.3 is 0 Å². The van der Waals surface area contributed by atoms with Gasteiger partial charge in [0.1, 0.15) is 0 Å². The molecule has 2 rings (SSSR count). The second-order valence-electron chi connectivity index (χ2n) is 5.00. The van der Waals surface area contributed by atoms with Crippen molar-refractivity contribution in [3.63, 3.8) is 0 Å². The number of nitrogens with zero attached hydrogens (tertiary/aromatic N) is 1. The van der Waals surface area contributed by atoms with Crippen molar-refractivity contribution in [1.82, 2.24) is 9.29 Å². The summed E-state index contributed by atoms with van der Waals surface area (Å²) in [6.07, 6.45) is 5.20. The summed E-state index contributed by atoms with van der Waals surface area (Å²) in [6, 6.07) is 1.67. The van der Waals surface area contributed by atoms with Crippen molar-refractivity contribution in [3.8, 4) is 0 Å². The Balaban J connectivity index is 2.03. The number of hydrogen-bond donors (Lipinski definition) is 2. The summed E-state index contributed by atoms with van der Waals surface area (Å²) in [5, 5.41) is 0.403. The highest BCUT2D eigenvalue weighted by molar-refractivity contribution is 8.00. The standard InChI is InChI=1S/C13H23N3O2S2/c1-2-16-10-13(7-11(16)8-14)20(17,18)15-9-12-5-3-4-6-19-12/h7,10,12,15H,2-6,8-9,14H2,1H3. The summed E-state index contributed by atoms with van der Waals surface area (Å²) < 4.78 is 29.2.